The van der Waals surface area contributed by atoms with Crippen LogP contribution < -0.4 is 15.1 Å². The van der Waals surface area contributed by atoms with Gasteiger partial charge in [0.05, 0.1) is 25.0 Å². The van der Waals surface area contributed by atoms with Gasteiger partial charge in [0.1, 0.15) is 6.33 Å². The van der Waals surface area contributed by atoms with Crippen LogP contribution in [0.3, 0.4) is 0 Å². The SMILES string of the molecule is COCCn1cc(Nc2ncnc(N3CCN(c4ncc(Cc5ccccc5)cn4)CC3)n2)cn1. The molecule has 0 spiro atoms. The van der Waals surface area contributed by atoms with Crippen LogP contribution in [0.15, 0.2) is 61.4 Å². The summed E-state index contributed by atoms with van der Waals surface area (Å²) < 4.78 is 6.90. The Morgan fingerprint density at radius 3 is 2.34 bits per heavy atom. The first kappa shape index (κ1) is 22.7. The minimum Gasteiger partial charge on any atom is -0.383 e. The molecule has 4 aromatic rings. The molecule has 35 heavy (non-hydrogen) atoms. The van der Waals surface area contributed by atoms with Crippen LogP contribution >= 0.6 is 0 Å². The van der Waals surface area contributed by atoms with Gasteiger partial charge < -0.3 is 19.9 Å². The molecule has 0 radical (unpaired) electrons. The molecule has 3 aromatic heterocycles. The molecule has 0 unspecified atom stereocenters. The summed E-state index contributed by atoms with van der Waals surface area (Å²) in [6, 6.07) is 10.4. The van der Waals surface area contributed by atoms with E-state index in [4.69, 9.17) is 4.74 Å². The van der Waals surface area contributed by atoms with Gasteiger partial charge in [-0.15, -0.1) is 0 Å². The standard InChI is InChI=1S/C24H28N10O/c1-35-12-11-34-17-21(16-29-34)30-22-27-18-28-24(31-22)33-9-7-32(8-10-33)23-25-14-20(15-26-23)13-19-5-3-2-4-6-19/h2-6,14-18H,7-13H2,1H3,(H,27,28,30,31). The molecular formula is C24H28N10O. The minimum absolute atomic E-state index is 0.487. The van der Waals surface area contributed by atoms with Crippen LogP contribution in [0.1, 0.15) is 11.1 Å². The number of nitrogens with one attached hydrogen (secondary N) is 1. The Hall–Kier alpha value is -4.12. The highest BCUT2D eigenvalue weighted by Crippen LogP contribution is 2.18. The molecule has 1 aliphatic rings. The monoisotopic (exact) mass is 472 g/mol. The molecule has 1 aliphatic heterocycles. The fourth-order valence-electron chi connectivity index (χ4n) is 3.91. The van der Waals surface area contributed by atoms with Gasteiger partial charge in [0.25, 0.3) is 0 Å². The van der Waals surface area contributed by atoms with Gasteiger partial charge in [-0.3, -0.25) is 4.68 Å². The van der Waals surface area contributed by atoms with Gasteiger partial charge in [0.2, 0.25) is 17.8 Å². The van der Waals surface area contributed by atoms with Crippen molar-refractivity contribution in [2.45, 2.75) is 13.0 Å². The van der Waals surface area contributed by atoms with Gasteiger partial charge in [-0.1, -0.05) is 30.3 Å². The summed E-state index contributed by atoms with van der Waals surface area (Å²) in [4.78, 5) is 26.8. The number of hydrogen-bond donors (Lipinski definition) is 1. The number of nitrogens with zero attached hydrogens (tertiary/aromatic N) is 9. The highest BCUT2D eigenvalue weighted by Gasteiger charge is 2.21. The largest absolute Gasteiger partial charge is 0.383 e. The highest BCUT2D eigenvalue weighted by molar-refractivity contribution is 5.51. The molecule has 1 N–H and O–H groups in total. The summed E-state index contributed by atoms with van der Waals surface area (Å²) in [5.41, 5.74) is 3.17. The van der Waals surface area contributed by atoms with Gasteiger partial charge in [-0.25, -0.2) is 19.9 Å². The molecule has 180 valence electrons. The first-order chi connectivity index (χ1) is 17.3. The molecule has 5 rings (SSSR count). The summed E-state index contributed by atoms with van der Waals surface area (Å²) in [6.07, 6.45) is 9.83. The molecule has 1 aromatic carbocycles. The van der Waals surface area contributed by atoms with E-state index in [0.717, 1.165) is 49.8 Å². The maximum Gasteiger partial charge on any atom is 0.232 e. The van der Waals surface area contributed by atoms with Crippen LogP contribution in [0.4, 0.5) is 23.5 Å². The molecule has 0 saturated carbocycles. The molecule has 0 amide bonds. The van der Waals surface area contributed by atoms with Crippen molar-refractivity contribution in [2.24, 2.45) is 0 Å². The van der Waals surface area contributed by atoms with Crippen molar-refractivity contribution in [1.82, 2.24) is 34.7 Å². The van der Waals surface area contributed by atoms with Crippen LogP contribution in [-0.4, -0.2) is 74.6 Å². The van der Waals surface area contributed by atoms with E-state index in [0.29, 0.717) is 25.0 Å². The lowest BCUT2D eigenvalue weighted by molar-refractivity contribution is 0.183. The van der Waals surface area contributed by atoms with E-state index in [1.54, 1.807) is 13.3 Å². The maximum absolute atomic E-state index is 5.09. The zero-order chi connectivity index (χ0) is 23.9. The van der Waals surface area contributed by atoms with Crippen molar-refractivity contribution in [3.63, 3.8) is 0 Å². The molecular weight excluding hydrogens is 444 g/mol. The number of ether oxygens (including phenoxy) is 1. The van der Waals surface area contributed by atoms with Gasteiger partial charge >= 0.3 is 0 Å². The van der Waals surface area contributed by atoms with Gasteiger partial charge in [0, 0.05) is 58.3 Å². The Morgan fingerprint density at radius 1 is 0.857 bits per heavy atom. The van der Waals surface area contributed by atoms with Crippen molar-refractivity contribution in [1.29, 1.82) is 0 Å². The Labute approximate surface area is 203 Å². The van der Waals surface area contributed by atoms with Gasteiger partial charge in [-0.05, 0) is 11.1 Å². The molecule has 4 heterocycles. The van der Waals surface area contributed by atoms with Crippen molar-refractivity contribution in [2.75, 3.05) is 55.0 Å². The third-order valence-corrected chi connectivity index (χ3v) is 5.76. The normalized spacial score (nSPS) is 13.7. The highest BCUT2D eigenvalue weighted by atomic mass is 16.5. The van der Waals surface area contributed by atoms with Crippen LogP contribution in [0.5, 0.6) is 0 Å². The summed E-state index contributed by atoms with van der Waals surface area (Å²) in [5.74, 6) is 1.89. The summed E-state index contributed by atoms with van der Waals surface area (Å²) in [5, 5.41) is 7.49. The Balaban J connectivity index is 1.16. The van der Waals surface area contributed by atoms with Crippen molar-refractivity contribution < 1.29 is 4.74 Å². The molecule has 0 bridgehead atoms. The van der Waals surface area contributed by atoms with Crippen LogP contribution in [0.2, 0.25) is 0 Å². The van der Waals surface area contributed by atoms with Crippen molar-refractivity contribution >= 4 is 23.5 Å². The second-order valence-electron chi connectivity index (χ2n) is 8.25. The smallest absolute Gasteiger partial charge is 0.232 e. The van der Waals surface area contributed by atoms with Crippen molar-refractivity contribution in [3.8, 4) is 0 Å². The lowest BCUT2D eigenvalue weighted by Gasteiger charge is -2.34. The van der Waals surface area contributed by atoms with E-state index in [9.17, 15) is 0 Å². The second kappa shape index (κ2) is 10.9. The Kier molecular flexibility index (Phi) is 7.04. The van der Waals surface area contributed by atoms with Crippen LogP contribution in [-0.2, 0) is 17.7 Å². The number of benzene rings is 1. The molecule has 11 nitrogen and oxygen atoms in total. The molecule has 0 atom stereocenters. The predicted molar refractivity (Wildman–Crippen MR) is 133 cm³/mol. The third-order valence-electron chi connectivity index (χ3n) is 5.76. The van der Waals surface area contributed by atoms with E-state index in [1.165, 1.54) is 11.9 Å². The number of methoxy groups -OCH3 is 1. The number of anilines is 4. The first-order valence-corrected chi connectivity index (χ1v) is 11.6. The molecule has 1 fully saturated rings. The topological polar surface area (TPSA) is 110 Å². The zero-order valence-corrected chi connectivity index (χ0v) is 19.7. The van der Waals surface area contributed by atoms with Crippen molar-refractivity contribution in [3.05, 3.63) is 72.6 Å². The molecule has 11 heteroatoms. The second-order valence-corrected chi connectivity index (χ2v) is 8.25. The Bertz CT molecular complexity index is 1210. The summed E-state index contributed by atoms with van der Waals surface area (Å²) in [7, 11) is 1.67. The predicted octanol–water partition coefficient (Wildman–Crippen LogP) is 2.17. The zero-order valence-electron chi connectivity index (χ0n) is 19.7. The lowest BCUT2D eigenvalue weighted by Crippen LogP contribution is -2.47. The number of aromatic nitrogens is 7. The quantitative estimate of drug-likeness (QED) is 0.389. The van der Waals surface area contributed by atoms with Crippen LogP contribution in [0, 0.1) is 0 Å². The minimum atomic E-state index is 0.487. The summed E-state index contributed by atoms with van der Waals surface area (Å²) >= 11 is 0. The van der Waals surface area contributed by atoms with Gasteiger partial charge in [-0.2, -0.15) is 10.1 Å². The van der Waals surface area contributed by atoms with E-state index < -0.39 is 0 Å². The number of rotatable bonds is 9. The summed E-state index contributed by atoms with van der Waals surface area (Å²) in [6.45, 7) is 4.41. The van der Waals surface area contributed by atoms with Crippen LogP contribution in [0.25, 0.3) is 0 Å². The Morgan fingerprint density at radius 2 is 1.60 bits per heavy atom. The van der Waals surface area contributed by atoms with E-state index in [1.807, 2.05) is 41.5 Å². The molecule has 0 aliphatic carbocycles. The van der Waals surface area contributed by atoms with E-state index in [2.05, 4.69) is 57.3 Å². The number of piperazine rings is 1. The lowest BCUT2D eigenvalue weighted by atomic mass is 10.1. The average molecular weight is 473 g/mol. The molecule has 1 saturated heterocycles. The first-order valence-electron chi connectivity index (χ1n) is 11.6. The average Bonchev–Trinajstić information content (AvgIpc) is 3.36. The van der Waals surface area contributed by atoms with E-state index >= 15 is 0 Å². The third kappa shape index (κ3) is 5.87. The number of hydrogen-bond acceptors (Lipinski definition) is 10. The maximum atomic E-state index is 5.09. The van der Waals surface area contributed by atoms with Gasteiger partial charge in [0.15, 0.2) is 0 Å². The fourth-order valence-corrected chi connectivity index (χ4v) is 3.91. The fraction of sp³-hybridized carbons (Fsp3) is 0.333. The van der Waals surface area contributed by atoms with E-state index in [-0.39, 0.29) is 0 Å².